The number of fused-ring (bicyclic) bond motifs is 8. The molecule has 9 rings (SSSR count). The van der Waals surface area contributed by atoms with E-state index >= 15 is 0 Å². The quantitative estimate of drug-likeness (QED) is 0.200. The zero-order valence-corrected chi connectivity index (χ0v) is 23.8. The van der Waals surface area contributed by atoms with E-state index in [9.17, 15) is 0 Å². The summed E-state index contributed by atoms with van der Waals surface area (Å²) in [5.41, 5.74) is 2.92. The SMILES string of the molecule is c1ccc(-c2nc(-c3ccc4ccccc4c3)nc(-c3ccc4c(c3)sc3c4ccc4ccc5ccccc5c43)n2)cc1. The predicted octanol–water partition coefficient (Wildman–Crippen LogP) is 10.7. The molecule has 0 radical (unpaired) electrons. The Labute approximate surface area is 251 Å². The van der Waals surface area contributed by atoms with Gasteiger partial charge in [0.05, 0.1) is 0 Å². The minimum absolute atomic E-state index is 0.669. The summed E-state index contributed by atoms with van der Waals surface area (Å²) in [4.78, 5) is 15.0. The zero-order valence-electron chi connectivity index (χ0n) is 23.0. The Morgan fingerprint density at radius 1 is 0.372 bits per heavy atom. The number of benzene rings is 7. The third-order valence-electron chi connectivity index (χ3n) is 8.28. The molecular formula is C39H23N3S. The van der Waals surface area contributed by atoms with Crippen LogP contribution in [0.25, 0.3) is 86.7 Å². The second-order valence-electron chi connectivity index (χ2n) is 10.9. The fourth-order valence-electron chi connectivity index (χ4n) is 6.14. The number of aromatic nitrogens is 3. The molecule has 2 aromatic heterocycles. The Kier molecular flexibility index (Phi) is 5.37. The Morgan fingerprint density at radius 3 is 1.79 bits per heavy atom. The molecule has 4 heteroatoms. The lowest BCUT2D eigenvalue weighted by molar-refractivity contribution is 1.08. The van der Waals surface area contributed by atoms with Crippen molar-refractivity contribution in [3.63, 3.8) is 0 Å². The molecule has 0 aliphatic heterocycles. The van der Waals surface area contributed by atoms with Gasteiger partial charge in [-0.05, 0) is 39.1 Å². The lowest BCUT2D eigenvalue weighted by atomic mass is 9.99. The van der Waals surface area contributed by atoms with E-state index in [4.69, 9.17) is 15.0 Å². The van der Waals surface area contributed by atoms with E-state index in [1.807, 2.05) is 41.7 Å². The first-order valence-corrected chi connectivity index (χ1v) is 15.2. The van der Waals surface area contributed by atoms with Crippen LogP contribution in [0.3, 0.4) is 0 Å². The van der Waals surface area contributed by atoms with Crippen molar-refractivity contribution in [2.24, 2.45) is 0 Å². The standard InChI is InChI=1S/C39H23N3S/c1-2-10-27(11-3-1)37-40-38(29-17-14-24-8-4-5-12-28(24)22-29)42-39(41-37)30-19-20-32-33-21-18-26-16-15-25-9-6-7-13-31(25)35(26)36(33)43-34(32)23-30/h1-23H. The monoisotopic (exact) mass is 565 g/mol. The van der Waals surface area contributed by atoms with Crippen molar-refractivity contribution in [3.05, 3.63) is 140 Å². The maximum absolute atomic E-state index is 5.04. The van der Waals surface area contributed by atoms with E-state index in [0.717, 1.165) is 22.1 Å². The molecule has 3 nitrogen and oxygen atoms in total. The first kappa shape index (κ1) is 24.2. The van der Waals surface area contributed by atoms with Gasteiger partial charge in [-0.1, -0.05) is 127 Å². The molecule has 7 aromatic carbocycles. The van der Waals surface area contributed by atoms with E-state index in [1.54, 1.807) is 0 Å². The zero-order chi connectivity index (χ0) is 28.3. The average Bonchev–Trinajstić information content (AvgIpc) is 3.46. The van der Waals surface area contributed by atoms with Gasteiger partial charge < -0.3 is 0 Å². The van der Waals surface area contributed by atoms with Crippen molar-refractivity contribution >= 4 is 63.8 Å². The highest BCUT2D eigenvalue weighted by Crippen LogP contribution is 2.42. The van der Waals surface area contributed by atoms with Gasteiger partial charge in [0.2, 0.25) is 0 Å². The molecule has 200 valence electrons. The van der Waals surface area contributed by atoms with Crippen LogP contribution in [-0.4, -0.2) is 15.0 Å². The highest BCUT2D eigenvalue weighted by atomic mass is 32.1. The third-order valence-corrected chi connectivity index (χ3v) is 9.47. The highest BCUT2D eigenvalue weighted by Gasteiger charge is 2.16. The molecule has 0 fully saturated rings. The summed E-state index contributed by atoms with van der Waals surface area (Å²) in [6.07, 6.45) is 0. The maximum atomic E-state index is 5.04. The molecule has 0 saturated carbocycles. The molecule has 9 aromatic rings. The van der Waals surface area contributed by atoms with Crippen LogP contribution in [-0.2, 0) is 0 Å². The second kappa shape index (κ2) is 9.55. The Balaban J connectivity index is 1.26. The molecule has 0 amide bonds. The predicted molar refractivity (Wildman–Crippen MR) is 182 cm³/mol. The number of thiophene rings is 1. The minimum atomic E-state index is 0.669. The Bertz CT molecular complexity index is 2510. The van der Waals surface area contributed by atoms with Gasteiger partial charge in [-0.25, -0.2) is 15.0 Å². The first-order valence-electron chi connectivity index (χ1n) is 14.4. The molecule has 2 heterocycles. The van der Waals surface area contributed by atoms with Crippen LogP contribution >= 0.6 is 11.3 Å². The van der Waals surface area contributed by atoms with Gasteiger partial charge in [0.25, 0.3) is 0 Å². The number of hydrogen-bond donors (Lipinski definition) is 0. The van der Waals surface area contributed by atoms with Crippen LogP contribution in [0.15, 0.2) is 140 Å². The Morgan fingerprint density at radius 2 is 0.953 bits per heavy atom. The number of nitrogens with zero attached hydrogens (tertiary/aromatic N) is 3. The Hall–Kier alpha value is -5.45. The summed E-state index contributed by atoms with van der Waals surface area (Å²) in [7, 11) is 0. The lowest BCUT2D eigenvalue weighted by Crippen LogP contribution is -2.00. The van der Waals surface area contributed by atoms with Crippen molar-refractivity contribution in [1.29, 1.82) is 0 Å². The van der Waals surface area contributed by atoms with E-state index in [0.29, 0.717) is 17.5 Å². The summed E-state index contributed by atoms with van der Waals surface area (Å²) in [6.45, 7) is 0. The summed E-state index contributed by atoms with van der Waals surface area (Å²) in [5.74, 6) is 2.01. The molecule has 0 saturated heterocycles. The molecule has 0 spiro atoms. The van der Waals surface area contributed by atoms with Gasteiger partial charge in [-0.15, -0.1) is 11.3 Å². The van der Waals surface area contributed by atoms with Gasteiger partial charge in [0.1, 0.15) is 0 Å². The maximum Gasteiger partial charge on any atom is 0.164 e. The number of hydrogen-bond acceptors (Lipinski definition) is 4. The van der Waals surface area contributed by atoms with Gasteiger partial charge >= 0.3 is 0 Å². The van der Waals surface area contributed by atoms with E-state index < -0.39 is 0 Å². The lowest BCUT2D eigenvalue weighted by Gasteiger charge is -2.09. The van der Waals surface area contributed by atoms with Crippen LogP contribution < -0.4 is 0 Å². The van der Waals surface area contributed by atoms with Crippen LogP contribution in [0, 0.1) is 0 Å². The van der Waals surface area contributed by atoms with Crippen molar-refractivity contribution in [2.45, 2.75) is 0 Å². The summed E-state index contributed by atoms with van der Waals surface area (Å²) in [5, 5.41) is 10.0. The van der Waals surface area contributed by atoms with Gasteiger partial charge in [-0.2, -0.15) is 0 Å². The topological polar surface area (TPSA) is 38.7 Å². The van der Waals surface area contributed by atoms with E-state index in [1.165, 1.54) is 47.1 Å². The molecule has 0 aliphatic carbocycles. The molecular weight excluding hydrogens is 543 g/mol. The van der Waals surface area contributed by atoms with E-state index in [-0.39, 0.29) is 0 Å². The van der Waals surface area contributed by atoms with Crippen LogP contribution in [0.4, 0.5) is 0 Å². The average molecular weight is 566 g/mol. The third kappa shape index (κ3) is 3.99. The van der Waals surface area contributed by atoms with Crippen molar-refractivity contribution < 1.29 is 0 Å². The normalized spacial score (nSPS) is 11.7. The fraction of sp³-hybridized carbons (Fsp3) is 0. The summed E-state index contributed by atoms with van der Waals surface area (Å²) >= 11 is 1.85. The second-order valence-corrected chi connectivity index (χ2v) is 11.9. The van der Waals surface area contributed by atoms with E-state index in [2.05, 4.69) is 109 Å². The van der Waals surface area contributed by atoms with Gasteiger partial charge in [-0.3, -0.25) is 0 Å². The molecule has 0 bridgehead atoms. The van der Waals surface area contributed by atoms with Crippen LogP contribution in [0.2, 0.25) is 0 Å². The molecule has 0 N–H and O–H groups in total. The van der Waals surface area contributed by atoms with Gasteiger partial charge in [0.15, 0.2) is 17.5 Å². The molecule has 0 atom stereocenters. The van der Waals surface area contributed by atoms with Crippen molar-refractivity contribution in [2.75, 3.05) is 0 Å². The highest BCUT2D eigenvalue weighted by molar-refractivity contribution is 7.26. The molecule has 0 unspecified atom stereocenters. The fourth-order valence-corrected chi connectivity index (χ4v) is 7.45. The summed E-state index contributed by atoms with van der Waals surface area (Å²) < 4.78 is 2.54. The first-order chi connectivity index (χ1) is 21.3. The van der Waals surface area contributed by atoms with Crippen molar-refractivity contribution in [1.82, 2.24) is 15.0 Å². The largest absolute Gasteiger partial charge is 0.208 e. The van der Waals surface area contributed by atoms with Crippen LogP contribution in [0.1, 0.15) is 0 Å². The van der Waals surface area contributed by atoms with Crippen molar-refractivity contribution in [3.8, 4) is 34.2 Å². The minimum Gasteiger partial charge on any atom is -0.208 e. The molecule has 0 aliphatic rings. The van der Waals surface area contributed by atoms with Gasteiger partial charge in [0, 0.05) is 42.2 Å². The smallest absolute Gasteiger partial charge is 0.164 e. The molecule has 43 heavy (non-hydrogen) atoms. The number of rotatable bonds is 3. The van der Waals surface area contributed by atoms with Crippen LogP contribution in [0.5, 0.6) is 0 Å². The summed E-state index contributed by atoms with van der Waals surface area (Å²) in [6, 6.07) is 49.2.